The number of carboxylic acid groups (broad SMARTS) is 1. The molecule has 17 heavy (non-hydrogen) atoms. The van der Waals surface area contributed by atoms with Gasteiger partial charge in [-0.25, -0.2) is 4.79 Å². The summed E-state index contributed by atoms with van der Waals surface area (Å²) < 4.78 is 0. The van der Waals surface area contributed by atoms with Crippen LogP contribution in [0, 0.1) is 0 Å². The molecule has 1 aliphatic carbocycles. The van der Waals surface area contributed by atoms with Gasteiger partial charge in [0, 0.05) is 0 Å². The first-order valence-corrected chi connectivity index (χ1v) is 5.40. The van der Waals surface area contributed by atoms with E-state index in [4.69, 9.17) is 5.11 Å². The van der Waals surface area contributed by atoms with Crippen molar-refractivity contribution >= 4 is 17.6 Å². The molecule has 2 aromatic rings. The lowest BCUT2D eigenvalue weighted by molar-refractivity contribution is -0.130. The van der Waals surface area contributed by atoms with Gasteiger partial charge in [0.25, 0.3) is 0 Å². The van der Waals surface area contributed by atoms with Crippen LogP contribution in [0.4, 0.5) is 0 Å². The molecule has 0 heterocycles. The van der Waals surface area contributed by atoms with E-state index in [1.54, 1.807) is 6.08 Å². The molecule has 0 bridgehead atoms. The SMILES string of the molecule is O=C(O)C1=Cc2cc(-c3ccccc3)ccc21. The van der Waals surface area contributed by atoms with Crippen LogP contribution in [0.25, 0.3) is 22.8 Å². The molecule has 1 aliphatic rings. The Labute approximate surface area is 98.8 Å². The molecule has 1 N–H and O–H groups in total. The van der Waals surface area contributed by atoms with Gasteiger partial charge in [0.05, 0.1) is 5.57 Å². The zero-order valence-corrected chi connectivity index (χ0v) is 9.05. The lowest BCUT2D eigenvalue weighted by Gasteiger charge is -2.17. The van der Waals surface area contributed by atoms with Crippen LogP contribution in [-0.4, -0.2) is 11.1 Å². The second-order valence-corrected chi connectivity index (χ2v) is 4.03. The first kappa shape index (κ1) is 9.85. The highest BCUT2D eigenvalue weighted by atomic mass is 16.4. The Kier molecular flexibility index (Phi) is 2.08. The molecule has 82 valence electrons. The van der Waals surface area contributed by atoms with Crippen molar-refractivity contribution in [2.45, 2.75) is 0 Å². The largest absolute Gasteiger partial charge is 0.478 e. The minimum atomic E-state index is -0.857. The molecule has 0 saturated carbocycles. The number of hydrogen-bond acceptors (Lipinski definition) is 1. The number of carboxylic acids is 1. The number of aliphatic carboxylic acids is 1. The van der Waals surface area contributed by atoms with Crippen molar-refractivity contribution in [2.24, 2.45) is 0 Å². The highest BCUT2D eigenvalue weighted by Crippen LogP contribution is 2.35. The summed E-state index contributed by atoms with van der Waals surface area (Å²) in [6.45, 7) is 0. The molecule has 0 amide bonds. The van der Waals surface area contributed by atoms with Gasteiger partial charge >= 0.3 is 5.97 Å². The molecule has 0 atom stereocenters. The summed E-state index contributed by atoms with van der Waals surface area (Å²) >= 11 is 0. The quantitative estimate of drug-likeness (QED) is 0.846. The summed E-state index contributed by atoms with van der Waals surface area (Å²) in [5.74, 6) is -0.857. The van der Waals surface area contributed by atoms with Crippen LogP contribution >= 0.6 is 0 Å². The van der Waals surface area contributed by atoms with E-state index in [0.29, 0.717) is 5.57 Å². The van der Waals surface area contributed by atoms with Gasteiger partial charge < -0.3 is 5.11 Å². The minimum Gasteiger partial charge on any atom is -0.478 e. The van der Waals surface area contributed by atoms with Crippen LogP contribution in [0.5, 0.6) is 0 Å². The minimum absolute atomic E-state index is 0.402. The number of hydrogen-bond donors (Lipinski definition) is 1. The summed E-state index contributed by atoms with van der Waals surface area (Å²) in [6.07, 6.45) is 1.71. The fourth-order valence-electron chi connectivity index (χ4n) is 2.07. The van der Waals surface area contributed by atoms with Crippen LogP contribution in [0.1, 0.15) is 11.1 Å². The van der Waals surface area contributed by atoms with Crippen molar-refractivity contribution in [1.82, 2.24) is 0 Å². The van der Waals surface area contributed by atoms with Crippen LogP contribution in [-0.2, 0) is 4.79 Å². The van der Waals surface area contributed by atoms with E-state index in [0.717, 1.165) is 22.3 Å². The van der Waals surface area contributed by atoms with Crippen LogP contribution in [0.15, 0.2) is 48.5 Å². The number of benzene rings is 2. The van der Waals surface area contributed by atoms with Gasteiger partial charge in [-0.1, -0.05) is 42.5 Å². The van der Waals surface area contributed by atoms with E-state index in [1.807, 2.05) is 48.5 Å². The molecule has 2 heteroatoms. The number of fused-ring (bicyclic) bond motifs is 1. The van der Waals surface area contributed by atoms with E-state index < -0.39 is 5.97 Å². The van der Waals surface area contributed by atoms with E-state index >= 15 is 0 Å². The first-order valence-electron chi connectivity index (χ1n) is 5.40. The molecule has 2 nitrogen and oxygen atoms in total. The average molecular weight is 222 g/mol. The van der Waals surface area contributed by atoms with Gasteiger partial charge in [0.2, 0.25) is 0 Å². The van der Waals surface area contributed by atoms with Crippen molar-refractivity contribution in [1.29, 1.82) is 0 Å². The van der Waals surface area contributed by atoms with Crippen LogP contribution in [0.3, 0.4) is 0 Å². The molecule has 0 radical (unpaired) electrons. The molecule has 0 unspecified atom stereocenters. The van der Waals surface area contributed by atoms with Gasteiger partial charge in [0.1, 0.15) is 0 Å². The Hall–Kier alpha value is -2.35. The van der Waals surface area contributed by atoms with Gasteiger partial charge in [0.15, 0.2) is 0 Å². The molecule has 3 rings (SSSR count). The maximum Gasteiger partial charge on any atom is 0.336 e. The average Bonchev–Trinajstić information content (AvgIpc) is 2.31. The Morgan fingerprint density at radius 1 is 0.941 bits per heavy atom. The molecule has 0 fully saturated rings. The van der Waals surface area contributed by atoms with Crippen molar-refractivity contribution in [2.75, 3.05) is 0 Å². The molecule has 2 aromatic carbocycles. The molecular weight excluding hydrogens is 212 g/mol. The smallest absolute Gasteiger partial charge is 0.336 e. The highest BCUT2D eigenvalue weighted by molar-refractivity contribution is 6.26. The van der Waals surface area contributed by atoms with Crippen LogP contribution in [0.2, 0.25) is 0 Å². The van der Waals surface area contributed by atoms with Gasteiger partial charge in [-0.05, 0) is 34.4 Å². The predicted octanol–water partition coefficient (Wildman–Crippen LogP) is 3.29. The summed E-state index contributed by atoms with van der Waals surface area (Å²) in [5, 5.41) is 8.90. The van der Waals surface area contributed by atoms with Crippen molar-refractivity contribution in [3.8, 4) is 11.1 Å². The van der Waals surface area contributed by atoms with Gasteiger partial charge in [-0.15, -0.1) is 0 Å². The van der Waals surface area contributed by atoms with E-state index in [-0.39, 0.29) is 0 Å². The Morgan fingerprint density at radius 3 is 2.35 bits per heavy atom. The van der Waals surface area contributed by atoms with E-state index in [2.05, 4.69) is 0 Å². The first-order chi connectivity index (χ1) is 8.25. The second kappa shape index (κ2) is 3.59. The highest BCUT2D eigenvalue weighted by Gasteiger charge is 2.21. The topological polar surface area (TPSA) is 37.3 Å². The monoisotopic (exact) mass is 222 g/mol. The molecule has 0 saturated heterocycles. The third-order valence-corrected chi connectivity index (χ3v) is 2.98. The third-order valence-electron chi connectivity index (χ3n) is 2.98. The van der Waals surface area contributed by atoms with Crippen LogP contribution < -0.4 is 0 Å². The maximum absolute atomic E-state index is 10.8. The van der Waals surface area contributed by atoms with Crippen molar-refractivity contribution in [3.05, 3.63) is 59.7 Å². The zero-order chi connectivity index (χ0) is 11.8. The molecular formula is C15H10O2. The fourth-order valence-corrected chi connectivity index (χ4v) is 2.07. The van der Waals surface area contributed by atoms with Crippen molar-refractivity contribution < 1.29 is 9.90 Å². The lowest BCUT2D eigenvalue weighted by atomic mass is 9.86. The summed E-state index contributed by atoms with van der Waals surface area (Å²) in [5.41, 5.74) is 4.50. The Bertz CT molecular complexity index is 625. The van der Waals surface area contributed by atoms with Crippen molar-refractivity contribution in [3.63, 3.8) is 0 Å². The van der Waals surface area contributed by atoms with E-state index in [1.165, 1.54) is 0 Å². The molecule has 0 spiro atoms. The summed E-state index contributed by atoms with van der Waals surface area (Å²) in [7, 11) is 0. The number of carbonyl (C=O) groups is 1. The zero-order valence-electron chi connectivity index (χ0n) is 9.05. The maximum atomic E-state index is 10.8. The Morgan fingerprint density at radius 2 is 1.71 bits per heavy atom. The number of rotatable bonds is 2. The summed E-state index contributed by atoms with van der Waals surface area (Å²) in [4.78, 5) is 10.8. The molecule has 0 aromatic heterocycles. The fraction of sp³-hybridized carbons (Fsp3) is 0. The van der Waals surface area contributed by atoms with E-state index in [9.17, 15) is 4.79 Å². The second-order valence-electron chi connectivity index (χ2n) is 4.03. The van der Waals surface area contributed by atoms with Gasteiger partial charge in [-0.2, -0.15) is 0 Å². The lowest BCUT2D eigenvalue weighted by Crippen LogP contribution is -2.08. The predicted molar refractivity (Wildman–Crippen MR) is 67.4 cm³/mol. The Balaban J connectivity index is 2.01. The normalized spacial score (nSPS) is 12.4. The standard InChI is InChI=1S/C15H10O2/c16-15(17)14-9-12-8-11(6-7-13(12)14)10-4-2-1-3-5-10/h1-9H,(H,16,17). The molecule has 0 aliphatic heterocycles. The summed E-state index contributed by atoms with van der Waals surface area (Å²) in [6, 6.07) is 15.9. The van der Waals surface area contributed by atoms with Gasteiger partial charge in [-0.3, -0.25) is 0 Å². The third kappa shape index (κ3) is 1.54.